The van der Waals surface area contributed by atoms with Gasteiger partial charge in [-0.15, -0.1) is 0 Å². The summed E-state index contributed by atoms with van der Waals surface area (Å²) in [5.41, 5.74) is 2.43. The molecule has 1 saturated heterocycles. The van der Waals surface area contributed by atoms with Gasteiger partial charge in [-0.3, -0.25) is 19.3 Å². The number of hydrogen-bond acceptors (Lipinski definition) is 6. The largest absolute Gasteiger partial charge is 0.481 e. The van der Waals surface area contributed by atoms with E-state index < -0.39 is 5.97 Å². The van der Waals surface area contributed by atoms with Crippen molar-refractivity contribution in [1.29, 1.82) is 0 Å². The molecule has 1 fully saturated rings. The van der Waals surface area contributed by atoms with Crippen molar-refractivity contribution in [1.82, 2.24) is 4.90 Å². The number of benzene rings is 1. The number of carbonyl (C=O) groups is 2. The standard InChI is InChI=1S/C19H17NO5S2/c1-10-6-11(2)17-13(7-10)16(23)12(9-25-17)8-14-18(24)20(19(26)27-14)5-3-4-15(21)22/h6-9H,3-5H2,1-2H3,(H,21,22). The molecule has 0 atom stereocenters. The molecule has 1 aromatic carbocycles. The van der Waals surface area contributed by atoms with Crippen LogP contribution in [0.5, 0.6) is 0 Å². The predicted molar refractivity (Wildman–Crippen MR) is 109 cm³/mol. The summed E-state index contributed by atoms with van der Waals surface area (Å²) in [6.45, 7) is 4.01. The summed E-state index contributed by atoms with van der Waals surface area (Å²) < 4.78 is 5.98. The highest BCUT2D eigenvalue weighted by molar-refractivity contribution is 8.26. The number of hydrogen-bond donors (Lipinski definition) is 1. The monoisotopic (exact) mass is 403 g/mol. The van der Waals surface area contributed by atoms with E-state index in [1.165, 1.54) is 17.2 Å². The van der Waals surface area contributed by atoms with Gasteiger partial charge in [-0.2, -0.15) is 0 Å². The first-order valence-corrected chi connectivity index (χ1v) is 9.50. The molecule has 2 aromatic rings. The van der Waals surface area contributed by atoms with Crippen LogP contribution < -0.4 is 5.43 Å². The molecule has 0 unspecified atom stereocenters. The van der Waals surface area contributed by atoms with Gasteiger partial charge in [0.2, 0.25) is 0 Å². The fraction of sp³-hybridized carbons (Fsp3) is 0.263. The minimum absolute atomic E-state index is 0.0386. The van der Waals surface area contributed by atoms with Crippen molar-refractivity contribution in [3.05, 3.63) is 50.2 Å². The molecule has 0 aliphatic carbocycles. The molecule has 1 amide bonds. The first-order chi connectivity index (χ1) is 12.8. The number of aliphatic carboxylic acids is 1. The third-order valence-electron chi connectivity index (χ3n) is 4.16. The second-order valence-electron chi connectivity index (χ2n) is 6.31. The summed E-state index contributed by atoms with van der Waals surface area (Å²) >= 11 is 6.31. The van der Waals surface area contributed by atoms with E-state index in [0.29, 0.717) is 26.6 Å². The Morgan fingerprint density at radius 1 is 1.33 bits per heavy atom. The summed E-state index contributed by atoms with van der Waals surface area (Å²) in [6.07, 6.45) is 3.11. The first kappa shape index (κ1) is 19.3. The molecule has 1 aromatic heterocycles. The normalized spacial score (nSPS) is 15.9. The number of fused-ring (bicyclic) bond motifs is 1. The lowest BCUT2D eigenvalue weighted by Crippen LogP contribution is -2.29. The summed E-state index contributed by atoms with van der Waals surface area (Å²) in [5, 5.41) is 9.19. The molecule has 3 rings (SSSR count). The number of rotatable bonds is 5. The van der Waals surface area contributed by atoms with E-state index in [-0.39, 0.29) is 29.9 Å². The van der Waals surface area contributed by atoms with Gasteiger partial charge >= 0.3 is 5.97 Å². The van der Waals surface area contributed by atoms with Gasteiger partial charge in [-0.05, 0) is 43.5 Å². The quantitative estimate of drug-likeness (QED) is 0.604. The summed E-state index contributed by atoms with van der Waals surface area (Å²) in [6, 6.07) is 3.70. The molecule has 0 radical (unpaired) electrons. The Bertz CT molecular complexity index is 1050. The van der Waals surface area contributed by atoms with Gasteiger partial charge in [0.25, 0.3) is 5.91 Å². The van der Waals surface area contributed by atoms with Gasteiger partial charge in [0.05, 0.1) is 15.9 Å². The smallest absolute Gasteiger partial charge is 0.303 e. The van der Waals surface area contributed by atoms with E-state index in [9.17, 15) is 14.4 Å². The summed E-state index contributed by atoms with van der Waals surface area (Å²) in [5.74, 6) is -1.24. The average molecular weight is 403 g/mol. The van der Waals surface area contributed by atoms with Crippen LogP contribution in [0, 0.1) is 13.8 Å². The second-order valence-corrected chi connectivity index (χ2v) is 7.99. The maximum atomic E-state index is 12.8. The van der Waals surface area contributed by atoms with Crippen molar-refractivity contribution >= 4 is 57.2 Å². The molecule has 140 valence electrons. The minimum atomic E-state index is -0.921. The van der Waals surface area contributed by atoms with Gasteiger partial charge in [0.1, 0.15) is 16.2 Å². The molecule has 2 heterocycles. The number of thiocarbonyl (C=S) groups is 1. The number of thioether (sulfide) groups is 1. The van der Waals surface area contributed by atoms with Crippen molar-refractivity contribution < 1.29 is 19.1 Å². The number of aryl methyl sites for hydroxylation is 2. The molecule has 6 nitrogen and oxygen atoms in total. The third kappa shape index (κ3) is 3.96. The van der Waals surface area contributed by atoms with E-state index >= 15 is 0 Å². The molecule has 1 aliphatic heterocycles. The lowest BCUT2D eigenvalue weighted by Gasteiger charge is -2.13. The number of carboxylic acids is 1. The Morgan fingerprint density at radius 3 is 2.78 bits per heavy atom. The van der Waals surface area contributed by atoms with Crippen molar-refractivity contribution in [3.63, 3.8) is 0 Å². The number of carbonyl (C=O) groups excluding carboxylic acids is 1. The van der Waals surface area contributed by atoms with E-state index in [1.807, 2.05) is 19.9 Å². The lowest BCUT2D eigenvalue weighted by molar-refractivity contribution is -0.137. The Balaban J connectivity index is 1.92. The summed E-state index contributed by atoms with van der Waals surface area (Å²) in [4.78, 5) is 37.7. The molecule has 1 aliphatic rings. The van der Waals surface area contributed by atoms with Crippen LogP contribution in [0.3, 0.4) is 0 Å². The molecular formula is C19H17NO5S2. The van der Waals surface area contributed by atoms with E-state index in [0.717, 1.165) is 22.9 Å². The van der Waals surface area contributed by atoms with Crippen LogP contribution in [-0.2, 0) is 9.59 Å². The minimum Gasteiger partial charge on any atom is -0.481 e. The van der Waals surface area contributed by atoms with Crippen molar-refractivity contribution in [3.8, 4) is 0 Å². The van der Waals surface area contributed by atoms with E-state index in [1.54, 1.807) is 6.07 Å². The highest BCUT2D eigenvalue weighted by Gasteiger charge is 2.32. The molecular weight excluding hydrogens is 386 g/mol. The summed E-state index contributed by atoms with van der Waals surface area (Å²) in [7, 11) is 0. The topological polar surface area (TPSA) is 87.8 Å². The van der Waals surface area contributed by atoms with Crippen LogP contribution in [0.25, 0.3) is 17.0 Å². The van der Waals surface area contributed by atoms with Crippen LogP contribution in [0.4, 0.5) is 0 Å². The lowest BCUT2D eigenvalue weighted by atomic mass is 10.1. The first-order valence-electron chi connectivity index (χ1n) is 8.28. The van der Waals surface area contributed by atoms with E-state index in [4.69, 9.17) is 21.7 Å². The van der Waals surface area contributed by atoms with Crippen LogP contribution >= 0.6 is 24.0 Å². The van der Waals surface area contributed by atoms with Crippen LogP contribution in [0.2, 0.25) is 0 Å². The molecule has 0 saturated carbocycles. The Hall–Kier alpha value is -2.45. The molecule has 0 bridgehead atoms. The number of nitrogens with zero attached hydrogens (tertiary/aromatic N) is 1. The van der Waals surface area contributed by atoms with Gasteiger partial charge in [0.15, 0.2) is 5.43 Å². The Morgan fingerprint density at radius 2 is 2.07 bits per heavy atom. The van der Waals surface area contributed by atoms with E-state index in [2.05, 4.69) is 0 Å². The Labute approximate surface area is 164 Å². The maximum absolute atomic E-state index is 12.8. The second kappa shape index (κ2) is 7.66. The SMILES string of the molecule is Cc1cc(C)c2occ(C=C3SC(=S)N(CCCC(=O)O)C3=O)c(=O)c2c1. The molecule has 8 heteroatoms. The third-order valence-corrected chi connectivity index (χ3v) is 5.54. The highest BCUT2D eigenvalue weighted by atomic mass is 32.2. The van der Waals surface area contributed by atoms with Crippen LogP contribution in [-0.4, -0.2) is 32.7 Å². The van der Waals surface area contributed by atoms with Crippen molar-refractivity contribution in [2.24, 2.45) is 0 Å². The molecule has 0 spiro atoms. The van der Waals surface area contributed by atoms with Gasteiger partial charge in [0, 0.05) is 13.0 Å². The predicted octanol–water partition coefficient (Wildman–Crippen LogP) is 3.48. The fourth-order valence-electron chi connectivity index (χ4n) is 2.93. The Kier molecular flexibility index (Phi) is 5.48. The van der Waals surface area contributed by atoms with Crippen molar-refractivity contribution in [2.75, 3.05) is 6.54 Å². The zero-order chi connectivity index (χ0) is 19.7. The number of carboxylic acid groups (broad SMARTS) is 1. The van der Waals surface area contributed by atoms with Crippen molar-refractivity contribution in [2.45, 2.75) is 26.7 Å². The fourth-order valence-corrected chi connectivity index (χ4v) is 4.23. The molecule has 27 heavy (non-hydrogen) atoms. The average Bonchev–Trinajstić information content (AvgIpc) is 2.85. The number of amides is 1. The van der Waals surface area contributed by atoms with Gasteiger partial charge in [-0.1, -0.05) is 30.0 Å². The zero-order valence-electron chi connectivity index (χ0n) is 14.8. The molecule has 1 N–H and O–H groups in total. The maximum Gasteiger partial charge on any atom is 0.303 e. The van der Waals surface area contributed by atoms with Crippen LogP contribution in [0.15, 0.2) is 32.5 Å². The highest BCUT2D eigenvalue weighted by Crippen LogP contribution is 2.32. The zero-order valence-corrected chi connectivity index (χ0v) is 16.4. The van der Waals surface area contributed by atoms with Crippen LogP contribution in [0.1, 0.15) is 29.5 Å². The van der Waals surface area contributed by atoms with Gasteiger partial charge in [-0.25, -0.2) is 0 Å². The van der Waals surface area contributed by atoms with Gasteiger partial charge < -0.3 is 9.52 Å².